The highest BCUT2D eigenvalue weighted by molar-refractivity contribution is 6.30. The lowest BCUT2D eigenvalue weighted by Gasteiger charge is -2.38. The van der Waals surface area contributed by atoms with Crippen LogP contribution in [0.3, 0.4) is 0 Å². The Balaban J connectivity index is 1.59. The van der Waals surface area contributed by atoms with Crippen molar-refractivity contribution in [2.24, 2.45) is 5.10 Å². The number of hydrogen-bond acceptors (Lipinski definition) is 4. The van der Waals surface area contributed by atoms with E-state index in [9.17, 15) is 0 Å². The summed E-state index contributed by atoms with van der Waals surface area (Å²) in [5, 5.41) is 7.73. The monoisotopic (exact) mass is 390 g/mol. The van der Waals surface area contributed by atoms with E-state index in [1.165, 1.54) is 0 Å². The van der Waals surface area contributed by atoms with Gasteiger partial charge < -0.3 is 9.47 Å². The van der Waals surface area contributed by atoms with E-state index in [4.69, 9.17) is 26.2 Å². The molecule has 4 nitrogen and oxygen atoms in total. The zero-order valence-corrected chi connectivity index (χ0v) is 16.1. The van der Waals surface area contributed by atoms with Crippen molar-refractivity contribution in [2.45, 2.75) is 18.7 Å². The molecule has 0 unspecified atom stereocenters. The molecule has 28 heavy (non-hydrogen) atoms. The van der Waals surface area contributed by atoms with Crippen molar-refractivity contribution in [3.05, 3.63) is 94.5 Å². The molecule has 5 rings (SSSR count). The summed E-state index contributed by atoms with van der Waals surface area (Å²) in [6.45, 7) is 0. The number of rotatable bonds is 3. The maximum absolute atomic E-state index is 6.36. The van der Waals surface area contributed by atoms with Gasteiger partial charge in [-0.05, 0) is 48.0 Å². The average molecular weight is 391 g/mol. The highest BCUT2D eigenvalue weighted by atomic mass is 35.5. The van der Waals surface area contributed by atoms with E-state index in [1.54, 1.807) is 7.11 Å². The Labute approximate surface area is 169 Å². The first-order valence-corrected chi connectivity index (χ1v) is 9.62. The lowest BCUT2D eigenvalue weighted by Crippen LogP contribution is -2.33. The molecule has 2 aliphatic rings. The van der Waals surface area contributed by atoms with Crippen LogP contribution >= 0.6 is 11.6 Å². The third kappa shape index (κ3) is 2.90. The number of hydrazone groups is 1. The molecule has 0 spiro atoms. The minimum atomic E-state index is -0.300. The van der Waals surface area contributed by atoms with Crippen molar-refractivity contribution in [3.8, 4) is 11.5 Å². The van der Waals surface area contributed by atoms with Crippen molar-refractivity contribution < 1.29 is 9.47 Å². The number of ether oxygens (including phenoxy) is 2. The standard InChI is InChI=1S/C23H19ClN2O2/c1-27-18-10-7-16(8-11-18)23-26-21(19-13-17(24)9-12-22(19)28-23)14-20(25-26)15-5-3-2-4-6-15/h2-13,21,23H,14H2,1H3/t21-,23-/m1/s1. The van der Waals surface area contributed by atoms with Gasteiger partial charge in [0.2, 0.25) is 6.23 Å². The molecule has 2 aliphatic heterocycles. The van der Waals surface area contributed by atoms with Crippen LogP contribution in [0.4, 0.5) is 0 Å². The molecule has 0 bridgehead atoms. The summed E-state index contributed by atoms with van der Waals surface area (Å²) < 4.78 is 11.7. The van der Waals surface area contributed by atoms with Crippen LogP contribution in [-0.4, -0.2) is 17.8 Å². The molecule has 0 radical (unpaired) electrons. The normalized spacial score (nSPS) is 20.1. The van der Waals surface area contributed by atoms with Gasteiger partial charge in [0.1, 0.15) is 11.5 Å². The lowest BCUT2D eigenvalue weighted by atomic mass is 9.96. The Hall–Kier alpha value is -2.98. The molecule has 140 valence electrons. The van der Waals surface area contributed by atoms with E-state index in [0.29, 0.717) is 5.02 Å². The molecule has 0 fully saturated rings. The Kier molecular flexibility index (Phi) is 4.21. The molecule has 2 heterocycles. The van der Waals surface area contributed by atoms with Crippen LogP contribution < -0.4 is 9.47 Å². The summed E-state index contributed by atoms with van der Waals surface area (Å²) >= 11 is 6.28. The highest BCUT2D eigenvalue weighted by Crippen LogP contribution is 2.48. The average Bonchev–Trinajstić information content (AvgIpc) is 3.20. The molecule has 0 saturated heterocycles. The van der Waals surface area contributed by atoms with E-state index in [1.807, 2.05) is 60.7 Å². The fraction of sp³-hybridized carbons (Fsp3) is 0.174. The van der Waals surface area contributed by atoms with Crippen LogP contribution in [0.15, 0.2) is 77.9 Å². The second-order valence-corrected chi connectivity index (χ2v) is 7.37. The molecule has 2 atom stereocenters. The predicted molar refractivity (Wildman–Crippen MR) is 110 cm³/mol. The molecular weight excluding hydrogens is 372 g/mol. The number of halogens is 1. The predicted octanol–water partition coefficient (Wildman–Crippen LogP) is 5.59. The minimum absolute atomic E-state index is 0.0877. The summed E-state index contributed by atoms with van der Waals surface area (Å²) in [5.74, 6) is 1.68. The summed E-state index contributed by atoms with van der Waals surface area (Å²) in [7, 11) is 1.67. The first kappa shape index (κ1) is 17.1. The van der Waals surface area contributed by atoms with E-state index < -0.39 is 0 Å². The van der Waals surface area contributed by atoms with Gasteiger partial charge in [-0.2, -0.15) is 5.10 Å². The van der Waals surface area contributed by atoms with Gasteiger partial charge in [0.15, 0.2) is 0 Å². The number of benzene rings is 3. The van der Waals surface area contributed by atoms with Crippen molar-refractivity contribution in [1.82, 2.24) is 5.01 Å². The van der Waals surface area contributed by atoms with Gasteiger partial charge in [-0.1, -0.05) is 41.9 Å². The topological polar surface area (TPSA) is 34.1 Å². The number of fused-ring (bicyclic) bond motifs is 3. The smallest absolute Gasteiger partial charge is 0.213 e. The van der Waals surface area contributed by atoms with Gasteiger partial charge in [-0.15, -0.1) is 0 Å². The molecule has 0 aliphatic carbocycles. The summed E-state index contributed by atoms with van der Waals surface area (Å²) in [6, 6.07) is 24.1. The molecule has 3 aromatic carbocycles. The molecule has 0 aromatic heterocycles. The minimum Gasteiger partial charge on any atom is -0.497 e. The first-order chi connectivity index (χ1) is 13.7. The zero-order chi connectivity index (χ0) is 19.1. The van der Waals surface area contributed by atoms with Crippen molar-refractivity contribution in [1.29, 1.82) is 0 Å². The largest absolute Gasteiger partial charge is 0.497 e. The molecule has 0 N–H and O–H groups in total. The fourth-order valence-electron chi connectivity index (χ4n) is 3.85. The summed E-state index contributed by atoms with van der Waals surface area (Å²) in [5.41, 5.74) is 4.30. The van der Waals surface area contributed by atoms with Crippen LogP contribution in [0.5, 0.6) is 11.5 Å². The van der Waals surface area contributed by atoms with Crippen LogP contribution in [0, 0.1) is 0 Å². The molecule has 5 heteroatoms. The number of methoxy groups -OCH3 is 1. The van der Waals surface area contributed by atoms with Gasteiger partial charge >= 0.3 is 0 Å². The SMILES string of the molecule is COc1ccc([C@H]2Oc3ccc(Cl)cc3[C@H]3CC(c4ccccc4)=NN32)cc1. The van der Waals surface area contributed by atoms with Crippen molar-refractivity contribution >= 4 is 17.3 Å². The second kappa shape index (κ2) is 6.88. The zero-order valence-electron chi connectivity index (χ0n) is 15.4. The van der Waals surface area contributed by atoms with E-state index >= 15 is 0 Å². The van der Waals surface area contributed by atoms with Gasteiger partial charge in [0.25, 0.3) is 0 Å². The molecule has 0 amide bonds. The van der Waals surface area contributed by atoms with Gasteiger partial charge in [0, 0.05) is 22.6 Å². The molecular formula is C23H19ClN2O2. The van der Waals surface area contributed by atoms with Gasteiger partial charge in [-0.25, -0.2) is 5.01 Å². The summed E-state index contributed by atoms with van der Waals surface area (Å²) in [6.07, 6.45) is 0.513. The van der Waals surface area contributed by atoms with Gasteiger partial charge in [0.05, 0.1) is 18.9 Å². The van der Waals surface area contributed by atoms with E-state index in [-0.39, 0.29) is 12.3 Å². The quantitative estimate of drug-likeness (QED) is 0.584. The second-order valence-electron chi connectivity index (χ2n) is 6.94. The maximum atomic E-state index is 6.36. The van der Waals surface area contributed by atoms with E-state index in [0.717, 1.165) is 40.3 Å². The van der Waals surface area contributed by atoms with E-state index in [2.05, 4.69) is 17.1 Å². The lowest BCUT2D eigenvalue weighted by molar-refractivity contribution is -0.0190. The Bertz CT molecular complexity index is 1030. The third-order valence-electron chi connectivity index (χ3n) is 5.26. The van der Waals surface area contributed by atoms with Gasteiger partial charge in [-0.3, -0.25) is 0 Å². The third-order valence-corrected chi connectivity index (χ3v) is 5.49. The molecule has 3 aromatic rings. The fourth-order valence-corrected chi connectivity index (χ4v) is 4.03. The van der Waals surface area contributed by atoms with Crippen molar-refractivity contribution in [2.75, 3.05) is 7.11 Å². The molecule has 0 saturated carbocycles. The van der Waals surface area contributed by atoms with Crippen LogP contribution in [-0.2, 0) is 0 Å². The number of nitrogens with zero attached hydrogens (tertiary/aromatic N) is 2. The first-order valence-electron chi connectivity index (χ1n) is 9.24. The van der Waals surface area contributed by atoms with Crippen LogP contribution in [0.2, 0.25) is 5.02 Å². The summed E-state index contributed by atoms with van der Waals surface area (Å²) in [4.78, 5) is 0. The Morgan fingerprint density at radius 3 is 2.57 bits per heavy atom. The number of hydrogen-bond donors (Lipinski definition) is 0. The highest BCUT2D eigenvalue weighted by Gasteiger charge is 2.41. The maximum Gasteiger partial charge on any atom is 0.213 e. The van der Waals surface area contributed by atoms with Crippen molar-refractivity contribution in [3.63, 3.8) is 0 Å². The van der Waals surface area contributed by atoms with Crippen LogP contribution in [0.25, 0.3) is 0 Å². The Morgan fingerprint density at radius 1 is 1.04 bits per heavy atom. The Morgan fingerprint density at radius 2 is 1.82 bits per heavy atom. The van der Waals surface area contributed by atoms with Crippen LogP contribution in [0.1, 0.15) is 35.4 Å².